The molecule has 0 unspecified atom stereocenters. The van der Waals surface area contributed by atoms with Gasteiger partial charge in [-0.2, -0.15) is 0 Å². The molecular weight excluding hydrogens is 354 g/mol. The molecule has 0 atom stereocenters. The summed E-state index contributed by atoms with van der Waals surface area (Å²) in [7, 11) is 0. The summed E-state index contributed by atoms with van der Waals surface area (Å²) in [6, 6.07) is 26.8. The molecule has 3 aromatic carbocycles. The van der Waals surface area contributed by atoms with Crippen molar-refractivity contribution in [3.8, 4) is 16.8 Å². The number of aromatic nitrogens is 1. The van der Waals surface area contributed by atoms with Crippen LogP contribution in [0.4, 0.5) is 5.69 Å². The van der Waals surface area contributed by atoms with Gasteiger partial charge in [-0.25, -0.2) is 0 Å². The van der Waals surface area contributed by atoms with E-state index in [1.165, 1.54) is 22.3 Å². The number of nitrogens with two attached hydrogens (primary N) is 1. The lowest BCUT2D eigenvalue weighted by molar-refractivity contribution is 0.659. The second kappa shape index (κ2) is 6.21. The number of hydrogen-bond donors (Lipinski definition) is 2. The number of fused-ring (bicyclic) bond motifs is 3. The van der Waals surface area contributed by atoms with E-state index in [1.54, 1.807) is 0 Å². The van der Waals surface area contributed by atoms with E-state index in [9.17, 15) is 0 Å². The van der Waals surface area contributed by atoms with Gasteiger partial charge in [-0.05, 0) is 40.5 Å². The van der Waals surface area contributed by atoms with Crippen LogP contribution in [0.3, 0.4) is 0 Å². The van der Waals surface area contributed by atoms with Crippen LogP contribution in [0.2, 0.25) is 0 Å². The van der Waals surface area contributed by atoms with Crippen LogP contribution < -0.4 is 5.73 Å². The normalized spacial score (nSPS) is 13.7. The molecule has 1 heterocycles. The number of nitrogens with one attached hydrogen (secondary N) is 1. The Bertz CT molecular complexity index is 1250. The summed E-state index contributed by atoms with van der Waals surface area (Å²) in [4.78, 5) is 0. The van der Waals surface area contributed by atoms with Gasteiger partial charge in [0, 0.05) is 22.9 Å². The van der Waals surface area contributed by atoms with Crippen molar-refractivity contribution in [2.45, 2.75) is 19.3 Å². The van der Waals surface area contributed by atoms with Crippen molar-refractivity contribution in [1.29, 1.82) is 5.41 Å². The predicted molar refractivity (Wildman–Crippen MR) is 120 cm³/mol. The lowest BCUT2D eigenvalue weighted by Crippen LogP contribution is -2.21. The molecule has 4 aromatic rings. The third kappa shape index (κ3) is 2.47. The van der Waals surface area contributed by atoms with Gasteiger partial charge in [-0.3, -0.25) is 5.41 Å². The van der Waals surface area contributed by atoms with Crippen LogP contribution >= 0.6 is 0 Å². The first kappa shape index (κ1) is 17.5. The van der Waals surface area contributed by atoms with Crippen LogP contribution in [0.5, 0.6) is 0 Å². The van der Waals surface area contributed by atoms with Gasteiger partial charge in [-0.1, -0.05) is 74.5 Å². The minimum Gasteiger partial charge on any atom is -0.397 e. The lowest BCUT2D eigenvalue weighted by Gasteiger charge is -2.25. The van der Waals surface area contributed by atoms with Gasteiger partial charge < -0.3 is 10.3 Å². The molecule has 0 amide bonds. The third-order valence-corrected chi connectivity index (χ3v) is 6.04. The Labute approximate surface area is 171 Å². The molecule has 0 aliphatic heterocycles. The minimum atomic E-state index is -0.173. The maximum atomic E-state index is 9.17. The first-order valence-electron chi connectivity index (χ1n) is 9.85. The van der Waals surface area contributed by atoms with E-state index in [4.69, 9.17) is 11.1 Å². The van der Waals surface area contributed by atoms with E-state index >= 15 is 0 Å². The summed E-state index contributed by atoms with van der Waals surface area (Å²) in [6.07, 6.45) is 1.94. The van der Waals surface area contributed by atoms with Crippen LogP contribution in [-0.2, 0) is 5.41 Å². The van der Waals surface area contributed by atoms with E-state index < -0.39 is 0 Å². The van der Waals surface area contributed by atoms with Gasteiger partial charge >= 0.3 is 0 Å². The smallest absolute Gasteiger partial charge is 0.0946 e. The van der Waals surface area contributed by atoms with Crippen molar-refractivity contribution in [2.24, 2.45) is 0 Å². The summed E-state index contributed by atoms with van der Waals surface area (Å²) in [5.41, 5.74) is 14.9. The van der Waals surface area contributed by atoms with E-state index in [0.29, 0.717) is 11.4 Å². The summed E-state index contributed by atoms with van der Waals surface area (Å²) >= 11 is 0. The molecule has 0 spiro atoms. The number of nitrogens with zero attached hydrogens (tertiary/aromatic N) is 1. The SMILES string of the molecule is CC1(C)c2ccccc2-c2cccc(C(=N)c3c(N)ccn3-c3ccccc3)c21. The highest BCUT2D eigenvalue weighted by Gasteiger charge is 2.38. The first-order chi connectivity index (χ1) is 14.0. The lowest BCUT2D eigenvalue weighted by atomic mass is 9.79. The molecule has 142 valence electrons. The monoisotopic (exact) mass is 377 g/mol. The number of rotatable bonds is 3. The molecule has 29 heavy (non-hydrogen) atoms. The second-order valence-corrected chi connectivity index (χ2v) is 8.10. The molecule has 0 bridgehead atoms. The maximum Gasteiger partial charge on any atom is 0.0946 e. The van der Waals surface area contributed by atoms with Crippen molar-refractivity contribution < 1.29 is 0 Å². The molecule has 0 saturated heterocycles. The minimum absolute atomic E-state index is 0.173. The number of para-hydroxylation sites is 1. The molecule has 3 nitrogen and oxygen atoms in total. The highest BCUT2D eigenvalue weighted by molar-refractivity contribution is 6.15. The Kier molecular flexibility index (Phi) is 3.75. The van der Waals surface area contributed by atoms with Crippen molar-refractivity contribution >= 4 is 11.4 Å². The standard InChI is InChI=1S/C26H23N3/c1-26(2)21-14-7-6-11-18(21)19-12-8-13-20(23(19)26)24(28)25-22(27)15-16-29(25)17-9-4-3-5-10-17/h3-16,28H,27H2,1-2H3. The van der Waals surface area contributed by atoms with Crippen LogP contribution in [0.25, 0.3) is 16.8 Å². The van der Waals surface area contributed by atoms with Crippen molar-refractivity contribution in [1.82, 2.24) is 4.57 Å². The van der Waals surface area contributed by atoms with Crippen LogP contribution in [-0.4, -0.2) is 10.3 Å². The fraction of sp³-hybridized carbons (Fsp3) is 0.115. The molecule has 0 radical (unpaired) electrons. The fourth-order valence-electron chi connectivity index (χ4n) is 4.70. The highest BCUT2D eigenvalue weighted by Crippen LogP contribution is 2.50. The van der Waals surface area contributed by atoms with Gasteiger partial charge in [0.15, 0.2) is 0 Å². The van der Waals surface area contributed by atoms with E-state index in [1.807, 2.05) is 53.2 Å². The number of anilines is 1. The summed E-state index contributed by atoms with van der Waals surface area (Å²) in [5, 5.41) is 9.17. The Hall–Kier alpha value is -3.59. The number of benzene rings is 3. The number of nitrogen functional groups attached to an aromatic ring is 1. The van der Waals surface area contributed by atoms with E-state index in [0.717, 1.165) is 16.9 Å². The predicted octanol–water partition coefficient (Wildman–Crippen LogP) is 5.78. The molecule has 3 N–H and O–H groups in total. The summed E-state index contributed by atoms with van der Waals surface area (Å²) in [5.74, 6) is 0. The molecule has 1 aliphatic carbocycles. The fourth-order valence-corrected chi connectivity index (χ4v) is 4.70. The van der Waals surface area contributed by atoms with Gasteiger partial charge in [0.2, 0.25) is 0 Å². The average molecular weight is 377 g/mol. The topological polar surface area (TPSA) is 54.8 Å². The largest absolute Gasteiger partial charge is 0.397 e. The van der Waals surface area contributed by atoms with Gasteiger partial charge in [0.05, 0.1) is 17.1 Å². The molecule has 0 saturated carbocycles. The van der Waals surface area contributed by atoms with Crippen LogP contribution in [0.15, 0.2) is 85.1 Å². The molecule has 1 aromatic heterocycles. The van der Waals surface area contributed by atoms with Crippen molar-refractivity contribution in [3.63, 3.8) is 0 Å². The summed E-state index contributed by atoms with van der Waals surface area (Å²) < 4.78 is 2.01. The van der Waals surface area contributed by atoms with Gasteiger partial charge in [-0.15, -0.1) is 0 Å². The van der Waals surface area contributed by atoms with Crippen LogP contribution in [0.1, 0.15) is 36.2 Å². The Balaban J connectivity index is 1.72. The van der Waals surface area contributed by atoms with E-state index in [-0.39, 0.29) is 5.41 Å². The Morgan fingerprint density at radius 2 is 1.52 bits per heavy atom. The summed E-state index contributed by atoms with van der Waals surface area (Å²) in [6.45, 7) is 4.49. The molecule has 3 heteroatoms. The Morgan fingerprint density at radius 3 is 2.31 bits per heavy atom. The third-order valence-electron chi connectivity index (χ3n) is 6.04. The molecule has 0 fully saturated rings. The van der Waals surface area contributed by atoms with Gasteiger partial charge in [0.25, 0.3) is 0 Å². The molecular formula is C26H23N3. The number of hydrogen-bond acceptors (Lipinski definition) is 2. The Morgan fingerprint density at radius 1 is 0.828 bits per heavy atom. The van der Waals surface area contributed by atoms with Crippen LogP contribution in [0, 0.1) is 5.41 Å². The quantitative estimate of drug-likeness (QED) is 0.437. The first-order valence-corrected chi connectivity index (χ1v) is 9.85. The van der Waals surface area contributed by atoms with Gasteiger partial charge in [0.1, 0.15) is 0 Å². The highest BCUT2D eigenvalue weighted by atomic mass is 15.0. The van der Waals surface area contributed by atoms with E-state index in [2.05, 4.69) is 50.2 Å². The molecule has 5 rings (SSSR count). The van der Waals surface area contributed by atoms with Crippen molar-refractivity contribution in [3.05, 3.63) is 107 Å². The zero-order chi connectivity index (χ0) is 20.2. The molecule has 1 aliphatic rings. The second-order valence-electron chi connectivity index (χ2n) is 8.10. The zero-order valence-electron chi connectivity index (χ0n) is 16.6. The van der Waals surface area contributed by atoms with Crippen molar-refractivity contribution in [2.75, 3.05) is 5.73 Å². The average Bonchev–Trinajstić information content (AvgIpc) is 3.24. The zero-order valence-corrected chi connectivity index (χ0v) is 16.6. The maximum absolute atomic E-state index is 9.17.